The van der Waals surface area contributed by atoms with Crippen LogP contribution >= 0.6 is 0 Å². The molecule has 1 aromatic heterocycles. The van der Waals surface area contributed by atoms with Gasteiger partial charge in [-0.1, -0.05) is 19.9 Å². The summed E-state index contributed by atoms with van der Waals surface area (Å²) in [5, 5.41) is 3.50. The number of rotatable bonds is 10. The first-order valence-electron chi connectivity index (χ1n) is 7.54. The summed E-state index contributed by atoms with van der Waals surface area (Å²) >= 11 is 0. The lowest BCUT2D eigenvalue weighted by molar-refractivity contribution is 0.219. The summed E-state index contributed by atoms with van der Waals surface area (Å²) in [4.78, 5) is 8.92. The molecule has 1 rings (SSSR count). The zero-order chi connectivity index (χ0) is 14.8. The van der Waals surface area contributed by atoms with Gasteiger partial charge in [-0.3, -0.25) is 4.98 Å². The third kappa shape index (κ3) is 8.25. The minimum absolute atomic E-state index is 0.718. The van der Waals surface area contributed by atoms with Gasteiger partial charge in [-0.15, -0.1) is 0 Å². The van der Waals surface area contributed by atoms with E-state index in [1.807, 2.05) is 18.5 Å². The molecule has 114 valence electrons. The molecule has 0 radical (unpaired) electrons. The molecule has 0 bridgehead atoms. The van der Waals surface area contributed by atoms with Crippen LogP contribution in [-0.2, 0) is 6.54 Å². The van der Waals surface area contributed by atoms with E-state index in [9.17, 15) is 0 Å². The van der Waals surface area contributed by atoms with Gasteiger partial charge >= 0.3 is 0 Å². The first kappa shape index (κ1) is 17.1. The van der Waals surface area contributed by atoms with Crippen LogP contribution in [0.25, 0.3) is 0 Å². The van der Waals surface area contributed by atoms with Crippen LogP contribution in [0.3, 0.4) is 0 Å². The van der Waals surface area contributed by atoms with Crippen molar-refractivity contribution in [3.8, 4) is 0 Å². The van der Waals surface area contributed by atoms with Crippen molar-refractivity contribution in [1.29, 1.82) is 0 Å². The molecule has 0 atom stereocenters. The van der Waals surface area contributed by atoms with E-state index in [0.717, 1.165) is 38.6 Å². The van der Waals surface area contributed by atoms with E-state index < -0.39 is 0 Å². The SMILES string of the molecule is CC(C)CN(CCNCc1cccnc1)CCN(C)C. The standard InChI is InChI=1S/C16H30N4/c1-15(2)14-20(11-10-19(3)4)9-8-18-13-16-6-5-7-17-12-16/h5-7,12,15,18H,8-11,13-14H2,1-4H3. The lowest BCUT2D eigenvalue weighted by atomic mass is 10.2. The van der Waals surface area contributed by atoms with Gasteiger partial charge in [0.05, 0.1) is 0 Å². The lowest BCUT2D eigenvalue weighted by Crippen LogP contribution is -2.38. The monoisotopic (exact) mass is 278 g/mol. The largest absolute Gasteiger partial charge is 0.311 e. The first-order chi connectivity index (χ1) is 9.58. The van der Waals surface area contributed by atoms with Crippen molar-refractivity contribution in [3.05, 3.63) is 30.1 Å². The Balaban J connectivity index is 2.23. The van der Waals surface area contributed by atoms with Crippen molar-refractivity contribution in [2.24, 2.45) is 5.92 Å². The molecule has 0 spiro atoms. The summed E-state index contributed by atoms with van der Waals surface area (Å²) < 4.78 is 0. The molecule has 4 nitrogen and oxygen atoms in total. The molecular weight excluding hydrogens is 248 g/mol. The Bertz CT molecular complexity index is 338. The van der Waals surface area contributed by atoms with Crippen LogP contribution in [0.5, 0.6) is 0 Å². The molecule has 0 amide bonds. The summed E-state index contributed by atoms with van der Waals surface area (Å²) in [6.07, 6.45) is 3.74. The van der Waals surface area contributed by atoms with Crippen LogP contribution in [0, 0.1) is 5.92 Å². The molecule has 0 aliphatic heterocycles. The van der Waals surface area contributed by atoms with Crippen molar-refractivity contribution < 1.29 is 0 Å². The smallest absolute Gasteiger partial charge is 0.0312 e. The summed E-state index contributed by atoms with van der Waals surface area (Å²) in [6, 6.07) is 4.09. The van der Waals surface area contributed by atoms with Crippen LogP contribution < -0.4 is 5.32 Å². The molecule has 4 heteroatoms. The minimum atomic E-state index is 0.718. The van der Waals surface area contributed by atoms with Gasteiger partial charge < -0.3 is 15.1 Å². The van der Waals surface area contributed by atoms with E-state index in [-0.39, 0.29) is 0 Å². The Hall–Kier alpha value is -0.970. The van der Waals surface area contributed by atoms with Gasteiger partial charge in [-0.25, -0.2) is 0 Å². The van der Waals surface area contributed by atoms with Gasteiger partial charge in [-0.2, -0.15) is 0 Å². The van der Waals surface area contributed by atoms with Crippen LogP contribution in [0.4, 0.5) is 0 Å². The molecule has 20 heavy (non-hydrogen) atoms. The number of hydrogen-bond acceptors (Lipinski definition) is 4. The van der Waals surface area contributed by atoms with Crippen LogP contribution in [0.15, 0.2) is 24.5 Å². The average molecular weight is 278 g/mol. The third-order valence-electron chi connectivity index (χ3n) is 3.14. The van der Waals surface area contributed by atoms with Crippen LogP contribution in [-0.4, -0.2) is 61.6 Å². The summed E-state index contributed by atoms with van der Waals surface area (Å²) in [5.74, 6) is 0.718. The Labute approximate surface area is 124 Å². The lowest BCUT2D eigenvalue weighted by Gasteiger charge is -2.25. The number of nitrogens with one attached hydrogen (secondary N) is 1. The highest BCUT2D eigenvalue weighted by molar-refractivity contribution is 5.07. The second kappa shape index (κ2) is 9.86. The highest BCUT2D eigenvalue weighted by atomic mass is 15.2. The van der Waals surface area contributed by atoms with Crippen molar-refractivity contribution in [2.75, 3.05) is 46.8 Å². The summed E-state index contributed by atoms with van der Waals surface area (Å²) in [7, 11) is 4.27. The van der Waals surface area contributed by atoms with Gasteiger partial charge in [0, 0.05) is 51.7 Å². The molecule has 0 saturated carbocycles. The molecule has 0 aliphatic carbocycles. The molecule has 0 aromatic carbocycles. The first-order valence-corrected chi connectivity index (χ1v) is 7.54. The molecule has 0 unspecified atom stereocenters. The van der Waals surface area contributed by atoms with Crippen molar-refractivity contribution in [3.63, 3.8) is 0 Å². The van der Waals surface area contributed by atoms with Crippen molar-refractivity contribution in [2.45, 2.75) is 20.4 Å². The fraction of sp³-hybridized carbons (Fsp3) is 0.688. The number of hydrogen-bond donors (Lipinski definition) is 1. The topological polar surface area (TPSA) is 31.4 Å². The van der Waals surface area contributed by atoms with Gasteiger partial charge in [0.1, 0.15) is 0 Å². The van der Waals surface area contributed by atoms with Gasteiger partial charge in [-0.05, 0) is 31.6 Å². The van der Waals surface area contributed by atoms with Crippen molar-refractivity contribution in [1.82, 2.24) is 20.1 Å². The van der Waals surface area contributed by atoms with E-state index in [1.54, 1.807) is 0 Å². The van der Waals surface area contributed by atoms with Gasteiger partial charge in [0.25, 0.3) is 0 Å². The maximum Gasteiger partial charge on any atom is 0.0312 e. The maximum atomic E-state index is 4.13. The maximum absolute atomic E-state index is 4.13. The summed E-state index contributed by atoms with van der Waals surface area (Å²) in [6.45, 7) is 11.0. The van der Waals surface area contributed by atoms with Crippen molar-refractivity contribution >= 4 is 0 Å². The van der Waals surface area contributed by atoms with E-state index >= 15 is 0 Å². The van der Waals surface area contributed by atoms with Crippen LogP contribution in [0.1, 0.15) is 19.4 Å². The predicted octanol–water partition coefficient (Wildman–Crippen LogP) is 1.69. The number of likely N-dealkylation sites (N-methyl/N-ethyl adjacent to an activating group) is 1. The van der Waals surface area contributed by atoms with Gasteiger partial charge in [0.15, 0.2) is 0 Å². The summed E-state index contributed by atoms with van der Waals surface area (Å²) in [5.41, 5.74) is 1.25. The molecule has 1 N–H and O–H groups in total. The Morgan fingerprint density at radius 3 is 2.60 bits per heavy atom. The van der Waals surface area contributed by atoms with E-state index in [1.165, 1.54) is 12.1 Å². The highest BCUT2D eigenvalue weighted by Gasteiger charge is 2.07. The third-order valence-corrected chi connectivity index (χ3v) is 3.14. The van der Waals surface area contributed by atoms with Gasteiger partial charge in [0.2, 0.25) is 0 Å². The Morgan fingerprint density at radius 2 is 2.00 bits per heavy atom. The average Bonchev–Trinajstić information content (AvgIpc) is 2.41. The molecule has 1 heterocycles. The van der Waals surface area contributed by atoms with E-state index in [4.69, 9.17) is 0 Å². The number of pyridine rings is 1. The zero-order valence-corrected chi connectivity index (χ0v) is 13.5. The molecule has 1 aromatic rings. The fourth-order valence-corrected chi connectivity index (χ4v) is 2.12. The predicted molar refractivity (Wildman–Crippen MR) is 85.8 cm³/mol. The minimum Gasteiger partial charge on any atom is -0.311 e. The van der Waals surface area contributed by atoms with E-state index in [0.29, 0.717) is 0 Å². The molecular formula is C16H30N4. The van der Waals surface area contributed by atoms with E-state index in [2.05, 4.69) is 54.1 Å². The number of aromatic nitrogens is 1. The van der Waals surface area contributed by atoms with Crippen LogP contribution in [0.2, 0.25) is 0 Å². The highest BCUT2D eigenvalue weighted by Crippen LogP contribution is 1.99. The molecule has 0 aliphatic rings. The normalized spacial score (nSPS) is 11.8. The Kier molecular flexibility index (Phi) is 8.42. The second-order valence-corrected chi connectivity index (χ2v) is 6.04. The quantitative estimate of drug-likeness (QED) is 0.660. The molecule has 0 saturated heterocycles. The molecule has 0 fully saturated rings. The Morgan fingerprint density at radius 1 is 1.20 bits per heavy atom. The fourth-order valence-electron chi connectivity index (χ4n) is 2.12. The number of nitrogens with zero attached hydrogens (tertiary/aromatic N) is 3. The second-order valence-electron chi connectivity index (χ2n) is 6.04. The zero-order valence-electron chi connectivity index (χ0n) is 13.5.